The van der Waals surface area contributed by atoms with Crippen molar-refractivity contribution in [3.8, 4) is 0 Å². The van der Waals surface area contributed by atoms with Gasteiger partial charge in [0.25, 0.3) is 0 Å². The van der Waals surface area contributed by atoms with Crippen molar-refractivity contribution >= 4 is 17.6 Å². The number of aliphatic imine (C=N–C) groups is 1. The predicted molar refractivity (Wildman–Crippen MR) is 114 cm³/mol. The van der Waals surface area contributed by atoms with Gasteiger partial charge in [0.2, 0.25) is 0 Å². The van der Waals surface area contributed by atoms with Crippen molar-refractivity contribution in [3.05, 3.63) is 34.9 Å². The standard InChI is InChI=1S/C21H33ClN4O2/c1-23-21(25(2)9-12-28-16-17-3-4-17)24-15-20(26-10-13-27-14-11-26)18-5-7-19(22)8-6-18/h5-8,17,20H,3-4,9-16H2,1-2H3,(H,23,24). The monoisotopic (exact) mass is 408 g/mol. The minimum atomic E-state index is 0.248. The van der Waals surface area contributed by atoms with Crippen LogP contribution in [-0.4, -0.2) is 82.5 Å². The molecule has 1 aliphatic heterocycles. The van der Waals surface area contributed by atoms with Crippen LogP contribution in [0.1, 0.15) is 24.4 Å². The molecule has 1 aromatic carbocycles. The number of morpholine rings is 1. The van der Waals surface area contributed by atoms with E-state index >= 15 is 0 Å². The lowest BCUT2D eigenvalue weighted by molar-refractivity contribution is 0.0169. The normalized spacial score (nSPS) is 19.5. The van der Waals surface area contributed by atoms with E-state index in [1.807, 2.05) is 19.2 Å². The van der Waals surface area contributed by atoms with Crippen molar-refractivity contribution < 1.29 is 9.47 Å². The summed E-state index contributed by atoms with van der Waals surface area (Å²) in [5, 5.41) is 4.31. The predicted octanol–water partition coefficient (Wildman–Crippen LogP) is 2.65. The van der Waals surface area contributed by atoms with Crippen LogP contribution in [-0.2, 0) is 9.47 Å². The minimum Gasteiger partial charge on any atom is -0.379 e. The zero-order valence-corrected chi connectivity index (χ0v) is 17.8. The summed E-state index contributed by atoms with van der Waals surface area (Å²) in [6, 6.07) is 8.40. The molecule has 1 unspecified atom stereocenters. The summed E-state index contributed by atoms with van der Waals surface area (Å²) >= 11 is 6.09. The van der Waals surface area contributed by atoms with Gasteiger partial charge in [-0.25, -0.2) is 0 Å². The number of ether oxygens (including phenoxy) is 2. The zero-order chi connectivity index (χ0) is 19.8. The molecular formula is C21H33ClN4O2. The number of hydrogen-bond acceptors (Lipinski definition) is 4. The van der Waals surface area contributed by atoms with Gasteiger partial charge in [-0.1, -0.05) is 23.7 Å². The molecule has 1 N–H and O–H groups in total. The van der Waals surface area contributed by atoms with Crippen molar-refractivity contribution in [1.82, 2.24) is 15.1 Å². The highest BCUT2D eigenvalue weighted by molar-refractivity contribution is 6.30. The van der Waals surface area contributed by atoms with E-state index in [1.54, 1.807) is 0 Å². The van der Waals surface area contributed by atoms with Crippen molar-refractivity contribution in [2.45, 2.75) is 18.9 Å². The van der Waals surface area contributed by atoms with Crippen LogP contribution in [0.2, 0.25) is 5.02 Å². The molecule has 2 fully saturated rings. The minimum absolute atomic E-state index is 0.248. The van der Waals surface area contributed by atoms with E-state index in [0.29, 0.717) is 0 Å². The molecule has 1 heterocycles. The van der Waals surface area contributed by atoms with Gasteiger partial charge in [0.05, 0.1) is 25.9 Å². The van der Waals surface area contributed by atoms with E-state index in [2.05, 4.69) is 39.3 Å². The van der Waals surface area contributed by atoms with Crippen LogP contribution in [0.3, 0.4) is 0 Å². The van der Waals surface area contributed by atoms with E-state index < -0.39 is 0 Å². The molecule has 156 valence electrons. The quantitative estimate of drug-likeness (QED) is 0.386. The number of rotatable bonds is 9. The molecule has 1 saturated heterocycles. The van der Waals surface area contributed by atoms with Crippen LogP contribution in [0.15, 0.2) is 29.3 Å². The topological polar surface area (TPSA) is 49.3 Å². The highest BCUT2D eigenvalue weighted by Gasteiger charge is 2.24. The lowest BCUT2D eigenvalue weighted by atomic mass is 10.0. The molecular weight excluding hydrogens is 376 g/mol. The molecule has 2 aliphatic rings. The molecule has 0 spiro atoms. The van der Waals surface area contributed by atoms with Crippen LogP contribution in [0.5, 0.6) is 0 Å². The molecule has 1 aromatic rings. The second-order valence-electron chi connectivity index (χ2n) is 7.58. The first-order valence-corrected chi connectivity index (χ1v) is 10.6. The van der Waals surface area contributed by atoms with Crippen molar-refractivity contribution in [2.75, 3.05) is 66.7 Å². The van der Waals surface area contributed by atoms with Gasteiger partial charge >= 0.3 is 0 Å². The average Bonchev–Trinajstić information content (AvgIpc) is 3.55. The SMILES string of the molecule is CN=C(NCC(c1ccc(Cl)cc1)N1CCOCC1)N(C)CCOCC1CC1. The van der Waals surface area contributed by atoms with Crippen LogP contribution < -0.4 is 5.32 Å². The second kappa shape index (κ2) is 11.0. The molecule has 6 nitrogen and oxygen atoms in total. The van der Waals surface area contributed by atoms with Crippen LogP contribution in [0.4, 0.5) is 0 Å². The lowest BCUT2D eigenvalue weighted by Crippen LogP contribution is -2.47. The molecule has 1 saturated carbocycles. The number of halogens is 1. The summed E-state index contributed by atoms with van der Waals surface area (Å²) in [5.41, 5.74) is 1.25. The van der Waals surface area contributed by atoms with E-state index in [0.717, 1.165) is 69.5 Å². The number of nitrogens with zero attached hydrogens (tertiary/aromatic N) is 3. The maximum Gasteiger partial charge on any atom is 0.193 e. The highest BCUT2D eigenvalue weighted by atomic mass is 35.5. The first-order chi connectivity index (χ1) is 13.7. The molecule has 28 heavy (non-hydrogen) atoms. The van der Waals surface area contributed by atoms with Gasteiger partial charge in [-0.15, -0.1) is 0 Å². The molecule has 0 aromatic heterocycles. The molecule has 1 atom stereocenters. The van der Waals surface area contributed by atoms with E-state index in [4.69, 9.17) is 21.1 Å². The van der Waals surface area contributed by atoms with Gasteiger partial charge in [-0.2, -0.15) is 0 Å². The van der Waals surface area contributed by atoms with Crippen LogP contribution in [0.25, 0.3) is 0 Å². The first-order valence-electron chi connectivity index (χ1n) is 10.2. The fourth-order valence-electron chi connectivity index (χ4n) is 3.45. The fourth-order valence-corrected chi connectivity index (χ4v) is 3.57. The molecule has 0 amide bonds. The summed E-state index contributed by atoms with van der Waals surface area (Å²) < 4.78 is 11.3. The van der Waals surface area contributed by atoms with Gasteiger partial charge in [0, 0.05) is 51.9 Å². The molecule has 7 heteroatoms. The average molecular weight is 409 g/mol. The second-order valence-corrected chi connectivity index (χ2v) is 8.02. The smallest absolute Gasteiger partial charge is 0.193 e. The van der Waals surface area contributed by atoms with Gasteiger partial charge < -0.3 is 19.7 Å². The third-order valence-corrected chi connectivity index (χ3v) is 5.64. The van der Waals surface area contributed by atoms with Crippen LogP contribution in [0, 0.1) is 5.92 Å². The Morgan fingerprint density at radius 3 is 2.68 bits per heavy atom. The van der Waals surface area contributed by atoms with Gasteiger partial charge in [-0.05, 0) is 36.5 Å². The van der Waals surface area contributed by atoms with Crippen molar-refractivity contribution in [3.63, 3.8) is 0 Å². The first kappa shape index (κ1) is 21.4. The summed E-state index contributed by atoms with van der Waals surface area (Å²) in [5.74, 6) is 1.69. The lowest BCUT2D eigenvalue weighted by Gasteiger charge is -2.35. The summed E-state index contributed by atoms with van der Waals surface area (Å²) in [4.78, 5) is 9.04. The Labute approximate surface area is 173 Å². The number of nitrogens with one attached hydrogen (secondary N) is 1. The zero-order valence-electron chi connectivity index (χ0n) is 17.1. The Morgan fingerprint density at radius 2 is 2.04 bits per heavy atom. The Kier molecular flexibility index (Phi) is 8.40. The Morgan fingerprint density at radius 1 is 1.32 bits per heavy atom. The van der Waals surface area contributed by atoms with E-state index in [1.165, 1.54) is 18.4 Å². The maximum absolute atomic E-state index is 6.09. The van der Waals surface area contributed by atoms with Gasteiger partial charge in [0.1, 0.15) is 0 Å². The Hall–Kier alpha value is -1.34. The number of likely N-dealkylation sites (N-methyl/N-ethyl adjacent to an activating group) is 1. The molecule has 0 bridgehead atoms. The number of hydrogen-bond donors (Lipinski definition) is 1. The fraction of sp³-hybridized carbons (Fsp3) is 0.667. The third kappa shape index (κ3) is 6.62. The van der Waals surface area contributed by atoms with Gasteiger partial charge in [0.15, 0.2) is 5.96 Å². The van der Waals surface area contributed by atoms with Crippen molar-refractivity contribution in [2.24, 2.45) is 10.9 Å². The number of guanidine groups is 1. The number of benzene rings is 1. The largest absolute Gasteiger partial charge is 0.379 e. The van der Waals surface area contributed by atoms with E-state index in [9.17, 15) is 0 Å². The molecule has 0 radical (unpaired) electrons. The molecule has 1 aliphatic carbocycles. The third-order valence-electron chi connectivity index (χ3n) is 5.39. The maximum atomic E-state index is 6.09. The highest BCUT2D eigenvalue weighted by Crippen LogP contribution is 2.28. The summed E-state index contributed by atoms with van der Waals surface area (Å²) in [6.07, 6.45) is 2.65. The Bertz CT molecular complexity index is 615. The molecule has 3 rings (SSSR count). The van der Waals surface area contributed by atoms with Crippen LogP contribution >= 0.6 is 11.6 Å². The van der Waals surface area contributed by atoms with E-state index in [-0.39, 0.29) is 6.04 Å². The Balaban J connectivity index is 1.54. The van der Waals surface area contributed by atoms with Crippen molar-refractivity contribution in [1.29, 1.82) is 0 Å². The van der Waals surface area contributed by atoms with Gasteiger partial charge in [-0.3, -0.25) is 9.89 Å². The summed E-state index contributed by atoms with van der Waals surface area (Å²) in [6.45, 7) is 6.65. The summed E-state index contributed by atoms with van der Waals surface area (Å²) in [7, 11) is 3.89.